The molecule has 1 atom stereocenters. The number of nitrogens with one attached hydrogen (secondary N) is 1. The lowest BCUT2D eigenvalue weighted by Gasteiger charge is -2.17. The van der Waals surface area contributed by atoms with Gasteiger partial charge in [-0.3, -0.25) is 4.79 Å². The number of anilines is 1. The first kappa shape index (κ1) is 14.5. The van der Waals surface area contributed by atoms with E-state index < -0.39 is 0 Å². The molecular weight excluding hydrogens is 280 g/mol. The second kappa shape index (κ2) is 6.55. The normalized spacial score (nSPS) is 15.8. The van der Waals surface area contributed by atoms with Gasteiger partial charge in [0, 0.05) is 25.8 Å². The van der Waals surface area contributed by atoms with E-state index in [0.717, 1.165) is 24.5 Å². The van der Waals surface area contributed by atoms with Crippen LogP contribution in [-0.2, 0) is 11.3 Å². The fraction of sp³-hybridized carbons (Fsp3) is 0.467. The molecule has 1 aliphatic heterocycles. The van der Waals surface area contributed by atoms with Gasteiger partial charge in [-0.2, -0.15) is 5.10 Å². The van der Waals surface area contributed by atoms with Crippen molar-refractivity contribution in [3.8, 4) is 0 Å². The number of carbonyl (C=O) groups is 1. The van der Waals surface area contributed by atoms with Crippen LogP contribution >= 0.6 is 0 Å². The number of carbonyl (C=O) groups excluding carboxylic acids is 1. The molecule has 7 heteroatoms. The summed E-state index contributed by atoms with van der Waals surface area (Å²) >= 11 is 0. The lowest BCUT2D eigenvalue weighted by molar-refractivity contribution is -0.124. The Balaban J connectivity index is 1.59. The molecule has 1 amide bonds. The summed E-state index contributed by atoms with van der Waals surface area (Å²) in [6, 6.07) is 3.61. The third-order valence-corrected chi connectivity index (χ3v) is 3.92. The van der Waals surface area contributed by atoms with Crippen molar-refractivity contribution in [2.24, 2.45) is 0 Å². The molecule has 0 bridgehead atoms. The SMILES string of the molecule is CC(C(=O)NCc1ccnc(N2CCCC2)c1)n1cncn1. The van der Waals surface area contributed by atoms with Gasteiger partial charge < -0.3 is 10.2 Å². The maximum absolute atomic E-state index is 12.1. The van der Waals surface area contributed by atoms with Crippen LogP contribution in [0.2, 0.25) is 0 Å². The average Bonchev–Trinajstić information content (AvgIpc) is 3.24. The summed E-state index contributed by atoms with van der Waals surface area (Å²) in [7, 11) is 0. The monoisotopic (exact) mass is 300 g/mol. The van der Waals surface area contributed by atoms with Crippen LogP contribution in [0.4, 0.5) is 5.82 Å². The largest absolute Gasteiger partial charge is 0.357 e. The van der Waals surface area contributed by atoms with Crippen LogP contribution in [0.1, 0.15) is 31.4 Å². The number of aromatic nitrogens is 4. The molecule has 2 aromatic rings. The highest BCUT2D eigenvalue weighted by Gasteiger charge is 2.16. The summed E-state index contributed by atoms with van der Waals surface area (Å²) < 4.78 is 1.54. The molecule has 0 spiro atoms. The fourth-order valence-corrected chi connectivity index (χ4v) is 2.56. The molecule has 1 N–H and O–H groups in total. The molecule has 1 unspecified atom stereocenters. The van der Waals surface area contributed by atoms with Gasteiger partial charge in [-0.05, 0) is 37.5 Å². The molecule has 22 heavy (non-hydrogen) atoms. The van der Waals surface area contributed by atoms with Gasteiger partial charge in [-0.1, -0.05) is 0 Å². The van der Waals surface area contributed by atoms with Crippen LogP contribution in [0.3, 0.4) is 0 Å². The Morgan fingerprint density at radius 2 is 2.23 bits per heavy atom. The summed E-state index contributed by atoms with van der Waals surface area (Å²) in [5.74, 6) is 0.915. The van der Waals surface area contributed by atoms with Gasteiger partial charge in [0.1, 0.15) is 24.5 Å². The standard InChI is InChI=1S/C15H20N6O/c1-12(21-11-16-10-19-21)15(22)18-9-13-4-5-17-14(8-13)20-6-2-3-7-20/h4-5,8,10-12H,2-3,6-7,9H2,1H3,(H,18,22). The Hall–Kier alpha value is -2.44. The summed E-state index contributed by atoms with van der Waals surface area (Å²) in [4.78, 5) is 22.7. The van der Waals surface area contributed by atoms with Crippen molar-refractivity contribution >= 4 is 11.7 Å². The highest BCUT2D eigenvalue weighted by atomic mass is 16.2. The minimum atomic E-state index is -0.373. The number of pyridine rings is 1. The van der Waals surface area contributed by atoms with Crippen molar-refractivity contribution < 1.29 is 4.79 Å². The highest BCUT2D eigenvalue weighted by molar-refractivity contribution is 5.79. The van der Waals surface area contributed by atoms with Crippen molar-refractivity contribution in [3.63, 3.8) is 0 Å². The van der Waals surface area contributed by atoms with Gasteiger partial charge in [0.15, 0.2) is 0 Å². The first-order valence-electron chi connectivity index (χ1n) is 7.56. The number of hydrogen-bond acceptors (Lipinski definition) is 5. The van der Waals surface area contributed by atoms with Gasteiger partial charge in [-0.25, -0.2) is 14.6 Å². The highest BCUT2D eigenvalue weighted by Crippen LogP contribution is 2.18. The van der Waals surface area contributed by atoms with Gasteiger partial charge >= 0.3 is 0 Å². The van der Waals surface area contributed by atoms with Crippen molar-refractivity contribution in [2.75, 3.05) is 18.0 Å². The first-order valence-corrected chi connectivity index (χ1v) is 7.56. The van der Waals surface area contributed by atoms with Crippen molar-refractivity contribution in [2.45, 2.75) is 32.4 Å². The zero-order valence-corrected chi connectivity index (χ0v) is 12.6. The molecule has 3 heterocycles. The van der Waals surface area contributed by atoms with Crippen LogP contribution in [0.15, 0.2) is 31.0 Å². The van der Waals surface area contributed by atoms with Crippen LogP contribution in [0.5, 0.6) is 0 Å². The lowest BCUT2D eigenvalue weighted by atomic mass is 10.2. The molecule has 0 aliphatic carbocycles. The minimum absolute atomic E-state index is 0.0787. The molecule has 7 nitrogen and oxygen atoms in total. The summed E-state index contributed by atoms with van der Waals surface area (Å²) in [6.45, 7) is 4.41. The molecule has 0 radical (unpaired) electrons. The van der Waals surface area contributed by atoms with Crippen molar-refractivity contribution in [3.05, 3.63) is 36.5 Å². The Morgan fingerprint density at radius 3 is 2.95 bits per heavy atom. The first-order chi connectivity index (χ1) is 10.7. The molecule has 1 aliphatic rings. The van der Waals surface area contributed by atoms with E-state index in [1.807, 2.05) is 12.1 Å². The Kier molecular flexibility index (Phi) is 4.32. The predicted octanol–water partition coefficient (Wildman–Crippen LogP) is 1.15. The molecular formula is C15H20N6O. The number of nitrogens with zero attached hydrogens (tertiary/aromatic N) is 5. The van der Waals surface area contributed by atoms with Crippen molar-refractivity contribution in [1.82, 2.24) is 25.1 Å². The number of hydrogen-bond donors (Lipinski definition) is 1. The molecule has 116 valence electrons. The van der Waals surface area contributed by atoms with Gasteiger partial charge in [-0.15, -0.1) is 0 Å². The molecule has 1 fully saturated rings. The Morgan fingerprint density at radius 1 is 1.41 bits per heavy atom. The van der Waals surface area contributed by atoms with E-state index in [9.17, 15) is 4.79 Å². The van der Waals surface area contributed by atoms with Crippen LogP contribution in [-0.4, -0.2) is 38.7 Å². The van der Waals surface area contributed by atoms with E-state index in [2.05, 4.69) is 25.3 Å². The van der Waals surface area contributed by atoms with E-state index >= 15 is 0 Å². The number of amides is 1. The van der Waals surface area contributed by atoms with Gasteiger partial charge in [0.2, 0.25) is 5.91 Å². The van der Waals surface area contributed by atoms with Gasteiger partial charge in [0.05, 0.1) is 0 Å². The average molecular weight is 300 g/mol. The quantitative estimate of drug-likeness (QED) is 0.896. The second-order valence-corrected chi connectivity index (χ2v) is 5.49. The second-order valence-electron chi connectivity index (χ2n) is 5.49. The summed E-state index contributed by atoms with van der Waals surface area (Å²) in [5, 5.41) is 6.92. The van der Waals surface area contributed by atoms with Crippen LogP contribution < -0.4 is 10.2 Å². The smallest absolute Gasteiger partial charge is 0.244 e. The third-order valence-electron chi connectivity index (χ3n) is 3.92. The number of rotatable bonds is 5. The molecule has 0 saturated carbocycles. The Labute approximate surface area is 129 Å². The van der Waals surface area contributed by atoms with Gasteiger partial charge in [0.25, 0.3) is 0 Å². The Bertz CT molecular complexity index is 621. The van der Waals surface area contributed by atoms with Crippen LogP contribution in [0.25, 0.3) is 0 Å². The maximum Gasteiger partial charge on any atom is 0.244 e. The molecule has 2 aromatic heterocycles. The minimum Gasteiger partial charge on any atom is -0.357 e. The molecule has 1 saturated heterocycles. The molecule has 0 aromatic carbocycles. The summed E-state index contributed by atoms with van der Waals surface area (Å²) in [6.07, 6.45) is 7.21. The lowest BCUT2D eigenvalue weighted by Crippen LogP contribution is -2.31. The predicted molar refractivity (Wildman–Crippen MR) is 82.3 cm³/mol. The van der Waals surface area contributed by atoms with Crippen LogP contribution in [0, 0.1) is 0 Å². The third kappa shape index (κ3) is 3.24. The fourth-order valence-electron chi connectivity index (χ4n) is 2.56. The van der Waals surface area contributed by atoms with E-state index in [1.54, 1.807) is 19.4 Å². The summed E-state index contributed by atoms with van der Waals surface area (Å²) in [5.41, 5.74) is 1.05. The van der Waals surface area contributed by atoms with E-state index in [-0.39, 0.29) is 11.9 Å². The van der Waals surface area contributed by atoms with E-state index in [0.29, 0.717) is 6.54 Å². The zero-order valence-electron chi connectivity index (χ0n) is 12.6. The topological polar surface area (TPSA) is 75.9 Å². The molecule has 3 rings (SSSR count). The van der Waals surface area contributed by atoms with Crippen molar-refractivity contribution in [1.29, 1.82) is 0 Å². The maximum atomic E-state index is 12.1. The van der Waals surface area contributed by atoms with E-state index in [4.69, 9.17) is 0 Å². The zero-order chi connectivity index (χ0) is 15.4. The van der Waals surface area contributed by atoms with E-state index in [1.165, 1.54) is 23.9 Å².